The fourth-order valence-corrected chi connectivity index (χ4v) is 2.81. The molecule has 0 atom stereocenters. The number of nitrogens with zero attached hydrogens (tertiary/aromatic N) is 2. The van der Waals surface area contributed by atoms with Crippen LogP contribution in [0.4, 0.5) is 0 Å². The van der Waals surface area contributed by atoms with Gasteiger partial charge in [-0.1, -0.05) is 23.7 Å². The molecule has 23 heavy (non-hydrogen) atoms. The Kier molecular flexibility index (Phi) is 3.28. The monoisotopic (exact) mass is 320 g/mol. The maximum absolute atomic E-state index is 9.54. The molecule has 0 saturated carbocycles. The van der Waals surface area contributed by atoms with Crippen molar-refractivity contribution in [1.82, 2.24) is 9.55 Å². The fourth-order valence-electron chi connectivity index (χ4n) is 2.68. The quantitative estimate of drug-likeness (QED) is 0.561. The first-order valence-corrected chi connectivity index (χ1v) is 7.63. The molecule has 4 heteroatoms. The van der Waals surface area contributed by atoms with Crippen LogP contribution in [-0.2, 0) is 0 Å². The molecule has 0 spiro atoms. The summed E-state index contributed by atoms with van der Waals surface area (Å²) in [6.07, 6.45) is 0. The average Bonchev–Trinajstić information content (AvgIpc) is 2.96. The van der Waals surface area contributed by atoms with Gasteiger partial charge in [0, 0.05) is 16.3 Å². The minimum atomic E-state index is 0.242. The third-order valence-electron chi connectivity index (χ3n) is 3.77. The highest BCUT2D eigenvalue weighted by molar-refractivity contribution is 6.30. The minimum Gasteiger partial charge on any atom is -0.508 e. The van der Waals surface area contributed by atoms with Crippen molar-refractivity contribution in [3.05, 3.63) is 77.8 Å². The average molecular weight is 321 g/mol. The van der Waals surface area contributed by atoms with Crippen LogP contribution in [0.25, 0.3) is 28.1 Å². The van der Waals surface area contributed by atoms with Crippen molar-refractivity contribution in [2.75, 3.05) is 0 Å². The molecule has 0 radical (unpaired) electrons. The van der Waals surface area contributed by atoms with E-state index in [-0.39, 0.29) is 5.75 Å². The van der Waals surface area contributed by atoms with Crippen molar-refractivity contribution in [1.29, 1.82) is 0 Å². The summed E-state index contributed by atoms with van der Waals surface area (Å²) in [6.45, 7) is 0. The van der Waals surface area contributed by atoms with Gasteiger partial charge in [-0.2, -0.15) is 0 Å². The highest BCUT2D eigenvalue weighted by Crippen LogP contribution is 2.29. The van der Waals surface area contributed by atoms with Crippen LogP contribution in [0.5, 0.6) is 5.75 Å². The summed E-state index contributed by atoms with van der Waals surface area (Å²) in [5, 5.41) is 10.2. The number of para-hydroxylation sites is 2. The van der Waals surface area contributed by atoms with Crippen LogP contribution in [0, 0.1) is 0 Å². The lowest BCUT2D eigenvalue weighted by Gasteiger charge is -2.10. The largest absolute Gasteiger partial charge is 0.508 e. The van der Waals surface area contributed by atoms with Crippen LogP contribution in [0.2, 0.25) is 5.02 Å². The zero-order chi connectivity index (χ0) is 15.8. The van der Waals surface area contributed by atoms with Crippen molar-refractivity contribution < 1.29 is 5.11 Å². The van der Waals surface area contributed by atoms with Crippen LogP contribution in [0.1, 0.15) is 0 Å². The van der Waals surface area contributed by atoms with Crippen LogP contribution < -0.4 is 0 Å². The minimum absolute atomic E-state index is 0.242. The first-order chi connectivity index (χ1) is 11.2. The summed E-state index contributed by atoms with van der Waals surface area (Å²) in [6, 6.07) is 22.7. The second kappa shape index (κ2) is 5.45. The third-order valence-corrected chi connectivity index (χ3v) is 4.02. The summed E-state index contributed by atoms with van der Waals surface area (Å²) >= 11 is 6.00. The second-order valence-electron chi connectivity index (χ2n) is 5.28. The molecule has 1 N–H and O–H groups in total. The number of aromatic nitrogens is 2. The SMILES string of the molecule is Oc1ccc(-n2c(-c3ccc(Cl)cc3)nc3ccccc32)cc1. The van der Waals surface area contributed by atoms with Crippen molar-refractivity contribution >= 4 is 22.6 Å². The van der Waals surface area contributed by atoms with Crippen LogP contribution >= 0.6 is 11.6 Å². The maximum Gasteiger partial charge on any atom is 0.145 e. The molecule has 1 aromatic heterocycles. The summed E-state index contributed by atoms with van der Waals surface area (Å²) in [5.41, 5.74) is 3.87. The molecule has 0 amide bonds. The van der Waals surface area contributed by atoms with E-state index < -0.39 is 0 Å². The smallest absolute Gasteiger partial charge is 0.145 e. The van der Waals surface area contributed by atoms with Gasteiger partial charge in [-0.15, -0.1) is 0 Å². The zero-order valence-electron chi connectivity index (χ0n) is 12.1. The molecular formula is C19H13ClN2O. The molecule has 0 aliphatic heterocycles. The molecule has 0 aliphatic carbocycles. The molecular weight excluding hydrogens is 308 g/mol. The summed E-state index contributed by atoms with van der Waals surface area (Å²) in [7, 11) is 0. The molecule has 4 rings (SSSR count). The second-order valence-corrected chi connectivity index (χ2v) is 5.72. The van der Waals surface area contributed by atoms with E-state index in [9.17, 15) is 5.11 Å². The molecule has 3 aromatic carbocycles. The molecule has 0 saturated heterocycles. The van der Waals surface area contributed by atoms with Crippen molar-refractivity contribution in [2.24, 2.45) is 0 Å². The molecule has 4 aromatic rings. The standard InChI is InChI=1S/C19H13ClN2O/c20-14-7-5-13(6-8-14)19-21-17-3-1-2-4-18(17)22(19)15-9-11-16(23)12-10-15/h1-12,23H. The normalized spacial score (nSPS) is 11.0. The molecule has 0 fully saturated rings. The predicted octanol–water partition coefficient (Wildman–Crippen LogP) is 5.05. The lowest BCUT2D eigenvalue weighted by molar-refractivity contribution is 0.475. The van der Waals surface area contributed by atoms with E-state index in [1.165, 1.54) is 0 Å². The summed E-state index contributed by atoms with van der Waals surface area (Å²) < 4.78 is 2.08. The van der Waals surface area contributed by atoms with Gasteiger partial charge in [0.05, 0.1) is 11.0 Å². The number of hydrogen-bond donors (Lipinski definition) is 1. The number of rotatable bonds is 2. The number of benzene rings is 3. The zero-order valence-corrected chi connectivity index (χ0v) is 12.9. The number of hydrogen-bond acceptors (Lipinski definition) is 2. The Labute approximate surface area is 138 Å². The summed E-state index contributed by atoms with van der Waals surface area (Å²) in [5.74, 6) is 1.08. The van der Waals surface area contributed by atoms with E-state index in [4.69, 9.17) is 16.6 Å². The van der Waals surface area contributed by atoms with Gasteiger partial charge in [0.25, 0.3) is 0 Å². The summed E-state index contributed by atoms with van der Waals surface area (Å²) in [4.78, 5) is 4.77. The van der Waals surface area contributed by atoms with E-state index in [0.29, 0.717) is 5.02 Å². The van der Waals surface area contributed by atoms with E-state index in [0.717, 1.165) is 28.1 Å². The number of phenols is 1. The van der Waals surface area contributed by atoms with Gasteiger partial charge < -0.3 is 5.11 Å². The Morgan fingerprint density at radius 1 is 0.826 bits per heavy atom. The Bertz CT molecular complexity index is 973. The number of aromatic hydroxyl groups is 1. The molecule has 1 heterocycles. The Balaban J connectivity index is 2.01. The predicted molar refractivity (Wildman–Crippen MR) is 93.2 cm³/mol. The van der Waals surface area contributed by atoms with Crippen molar-refractivity contribution in [3.8, 4) is 22.8 Å². The molecule has 0 bridgehead atoms. The van der Waals surface area contributed by atoms with Gasteiger partial charge in [-0.25, -0.2) is 4.98 Å². The third kappa shape index (κ3) is 2.45. The molecule has 112 valence electrons. The number of phenolic OH excluding ortho intramolecular Hbond substituents is 1. The van der Waals surface area contributed by atoms with E-state index in [2.05, 4.69) is 4.57 Å². The maximum atomic E-state index is 9.54. The van der Waals surface area contributed by atoms with Gasteiger partial charge in [-0.05, 0) is 60.7 Å². The van der Waals surface area contributed by atoms with Gasteiger partial charge in [0.2, 0.25) is 0 Å². The Hall–Kier alpha value is -2.78. The van der Waals surface area contributed by atoms with Gasteiger partial charge >= 0.3 is 0 Å². The van der Waals surface area contributed by atoms with Crippen LogP contribution in [-0.4, -0.2) is 14.7 Å². The Morgan fingerprint density at radius 3 is 2.26 bits per heavy atom. The highest BCUT2D eigenvalue weighted by atomic mass is 35.5. The number of fused-ring (bicyclic) bond motifs is 1. The molecule has 0 unspecified atom stereocenters. The lowest BCUT2D eigenvalue weighted by Crippen LogP contribution is -1.97. The van der Waals surface area contributed by atoms with Gasteiger partial charge in [0.15, 0.2) is 0 Å². The first kappa shape index (κ1) is 13.9. The molecule has 3 nitrogen and oxygen atoms in total. The molecule has 0 aliphatic rings. The van der Waals surface area contributed by atoms with E-state index >= 15 is 0 Å². The fraction of sp³-hybridized carbons (Fsp3) is 0. The lowest BCUT2D eigenvalue weighted by atomic mass is 10.2. The van der Waals surface area contributed by atoms with E-state index in [1.807, 2.05) is 60.7 Å². The van der Waals surface area contributed by atoms with Crippen LogP contribution in [0.3, 0.4) is 0 Å². The van der Waals surface area contributed by atoms with Crippen LogP contribution in [0.15, 0.2) is 72.8 Å². The van der Waals surface area contributed by atoms with E-state index in [1.54, 1.807) is 12.1 Å². The Morgan fingerprint density at radius 2 is 1.52 bits per heavy atom. The van der Waals surface area contributed by atoms with Gasteiger partial charge in [-0.3, -0.25) is 4.57 Å². The topological polar surface area (TPSA) is 38.0 Å². The highest BCUT2D eigenvalue weighted by Gasteiger charge is 2.13. The van der Waals surface area contributed by atoms with Gasteiger partial charge in [0.1, 0.15) is 11.6 Å². The number of imidazole rings is 1. The van der Waals surface area contributed by atoms with Crippen molar-refractivity contribution in [2.45, 2.75) is 0 Å². The van der Waals surface area contributed by atoms with Crippen molar-refractivity contribution in [3.63, 3.8) is 0 Å². The number of halogens is 1. The first-order valence-electron chi connectivity index (χ1n) is 7.25.